The molecule has 0 saturated heterocycles. The molecular formula is C16H18N2O3. The maximum atomic E-state index is 12.2. The van der Waals surface area contributed by atoms with Crippen LogP contribution in [-0.4, -0.2) is 30.2 Å². The number of fused-ring (bicyclic) bond motifs is 1. The van der Waals surface area contributed by atoms with Gasteiger partial charge < -0.3 is 10.4 Å². The van der Waals surface area contributed by atoms with E-state index in [-0.39, 0.29) is 18.4 Å². The van der Waals surface area contributed by atoms with E-state index in [0.717, 1.165) is 17.7 Å². The second-order valence-electron chi connectivity index (χ2n) is 5.00. The molecule has 0 spiro atoms. The first-order valence-electron chi connectivity index (χ1n) is 6.93. The molecule has 2 rings (SSSR count). The van der Waals surface area contributed by atoms with E-state index in [2.05, 4.69) is 11.2 Å². The van der Waals surface area contributed by atoms with Crippen LogP contribution in [0, 0.1) is 12.3 Å². The fraction of sp³-hybridized carbons (Fsp3) is 0.375. The number of terminal acetylenes is 1. The molecule has 110 valence electrons. The van der Waals surface area contributed by atoms with E-state index < -0.39 is 5.97 Å². The van der Waals surface area contributed by atoms with E-state index in [4.69, 9.17) is 11.5 Å². The van der Waals surface area contributed by atoms with E-state index in [0.29, 0.717) is 19.5 Å². The summed E-state index contributed by atoms with van der Waals surface area (Å²) in [6.07, 6.45) is 6.55. The monoisotopic (exact) mass is 286 g/mol. The van der Waals surface area contributed by atoms with Crippen LogP contribution in [0.1, 0.15) is 30.7 Å². The largest absolute Gasteiger partial charge is 0.481 e. The lowest BCUT2D eigenvalue weighted by Gasteiger charge is -2.18. The standard InChI is InChI=1S/C16H18N2O3/c1-2-3-6-9-17-16(21)18-11-12(10-15(19)20)13-7-4-5-8-14(13)18/h1,4-5,7-8,12H,3,6,9-11H2,(H,17,21)(H,19,20). The molecule has 5 heteroatoms. The van der Waals surface area contributed by atoms with Gasteiger partial charge in [-0.25, -0.2) is 4.79 Å². The third-order valence-electron chi connectivity index (χ3n) is 3.51. The van der Waals surface area contributed by atoms with Gasteiger partial charge in [0.1, 0.15) is 0 Å². The van der Waals surface area contributed by atoms with Crippen molar-refractivity contribution in [2.24, 2.45) is 0 Å². The molecule has 0 saturated carbocycles. The number of carbonyl (C=O) groups excluding carboxylic acids is 1. The summed E-state index contributed by atoms with van der Waals surface area (Å²) in [4.78, 5) is 24.8. The average molecular weight is 286 g/mol. The molecule has 2 amide bonds. The van der Waals surface area contributed by atoms with E-state index in [1.807, 2.05) is 24.3 Å². The Morgan fingerprint density at radius 1 is 1.43 bits per heavy atom. The number of urea groups is 1. The van der Waals surface area contributed by atoms with Crippen LogP contribution in [0.4, 0.5) is 10.5 Å². The summed E-state index contributed by atoms with van der Waals surface area (Å²) in [5.74, 6) is 1.51. The Bertz CT molecular complexity index is 577. The van der Waals surface area contributed by atoms with E-state index >= 15 is 0 Å². The lowest BCUT2D eigenvalue weighted by Crippen LogP contribution is -2.39. The smallest absolute Gasteiger partial charge is 0.321 e. The Hall–Kier alpha value is -2.48. The SMILES string of the molecule is C#CCCCNC(=O)N1CC(CC(=O)O)c2ccccc21. The zero-order chi connectivity index (χ0) is 15.2. The lowest BCUT2D eigenvalue weighted by molar-refractivity contribution is -0.137. The van der Waals surface area contributed by atoms with Crippen molar-refractivity contribution < 1.29 is 14.7 Å². The Morgan fingerprint density at radius 3 is 2.90 bits per heavy atom. The van der Waals surface area contributed by atoms with Crippen molar-refractivity contribution in [3.8, 4) is 12.3 Å². The van der Waals surface area contributed by atoms with E-state index in [9.17, 15) is 9.59 Å². The van der Waals surface area contributed by atoms with Crippen molar-refractivity contribution in [3.05, 3.63) is 29.8 Å². The van der Waals surface area contributed by atoms with Crippen molar-refractivity contribution in [2.75, 3.05) is 18.0 Å². The number of hydrogen-bond donors (Lipinski definition) is 2. The molecule has 2 N–H and O–H groups in total. The summed E-state index contributed by atoms with van der Waals surface area (Å²) in [5, 5.41) is 11.8. The molecule has 0 aromatic heterocycles. The first-order chi connectivity index (χ1) is 10.1. The fourth-order valence-corrected chi connectivity index (χ4v) is 2.55. The van der Waals surface area contributed by atoms with Crippen molar-refractivity contribution >= 4 is 17.7 Å². The van der Waals surface area contributed by atoms with Crippen LogP contribution in [-0.2, 0) is 4.79 Å². The van der Waals surface area contributed by atoms with Crippen molar-refractivity contribution in [2.45, 2.75) is 25.2 Å². The molecule has 1 heterocycles. The second kappa shape index (κ2) is 6.80. The molecule has 1 aliphatic heterocycles. The predicted octanol–water partition coefficient (Wildman–Crippen LogP) is 2.19. The van der Waals surface area contributed by atoms with Crippen LogP contribution in [0.2, 0.25) is 0 Å². The Kier molecular flexibility index (Phi) is 4.83. The number of carboxylic acids is 1. The first kappa shape index (κ1) is 14.9. The Morgan fingerprint density at radius 2 is 2.19 bits per heavy atom. The first-order valence-corrected chi connectivity index (χ1v) is 6.93. The predicted molar refractivity (Wildman–Crippen MR) is 80.2 cm³/mol. The number of nitrogens with zero attached hydrogens (tertiary/aromatic N) is 1. The highest BCUT2D eigenvalue weighted by atomic mass is 16.4. The van der Waals surface area contributed by atoms with Crippen LogP contribution in [0.25, 0.3) is 0 Å². The minimum Gasteiger partial charge on any atom is -0.481 e. The highest BCUT2D eigenvalue weighted by Gasteiger charge is 2.33. The normalized spacial score (nSPS) is 16.1. The number of carbonyl (C=O) groups is 2. The van der Waals surface area contributed by atoms with Gasteiger partial charge in [0.25, 0.3) is 0 Å². The number of nitrogens with one attached hydrogen (secondary N) is 1. The molecule has 1 unspecified atom stereocenters. The Labute approximate surface area is 124 Å². The summed E-state index contributed by atoms with van der Waals surface area (Å²) in [6, 6.07) is 7.24. The van der Waals surface area contributed by atoms with Gasteiger partial charge in [0, 0.05) is 31.1 Å². The van der Waals surface area contributed by atoms with Crippen LogP contribution in [0.15, 0.2) is 24.3 Å². The average Bonchev–Trinajstić information content (AvgIpc) is 2.82. The maximum absolute atomic E-state index is 12.2. The highest BCUT2D eigenvalue weighted by Crippen LogP contribution is 2.37. The molecule has 0 bridgehead atoms. The number of hydrogen-bond acceptors (Lipinski definition) is 2. The molecule has 5 nitrogen and oxygen atoms in total. The van der Waals surface area contributed by atoms with E-state index in [1.54, 1.807) is 4.90 Å². The summed E-state index contributed by atoms with van der Waals surface area (Å²) in [7, 11) is 0. The van der Waals surface area contributed by atoms with Crippen LogP contribution >= 0.6 is 0 Å². The molecule has 0 radical (unpaired) electrons. The summed E-state index contributed by atoms with van der Waals surface area (Å²) < 4.78 is 0. The fourth-order valence-electron chi connectivity index (χ4n) is 2.55. The number of anilines is 1. The van der Waals surface area contributed by atoms with Gasteiger partial charge in [0.05, 0.1) is 6.42 Å². The topological polar surface area (TPSA) is 69.6 Å². The molecule has 1 aromatic carbocycles. The molecular weight excluding hydrogens is 268 g/mol. The van der Waals surface area contributed by atoms with Crippen LogP contribution in [0.5, 0.6) is 0 Å². The molecule has 0 aliphatic carbocycles. The van der Waals surface area contributed by atoms with Crippen molar-refractivity contribution in [1.29, 1.82) is 0 Å². The van der Waals surface area contributed by atoms with Gasteiger partial charge in [-0.2, -0.15) is 0 Å². The summed E-state index contributed by atoms with van der Waals surface area (Å²) >= 11 is 0. The number of aliphatic carboxylic acids is 1. The van der Waals surface area contributed by atoms with Gasteiger partial charge in [-0.05, 0) is 18.1 Å². The molecule has 21 heavy (non-hydrogen) atoms. The lowest BCUT2D eigenvalue weighted by atomic mass is 9.98. The minimum absolute atomic E-state index is 0.0257. The molecule has 0 fully saturated rings. The van der Waals surface area contributed by atoms with Gasteiger partial charge in [-0.1, -0.05) is 18.2 Å². The zero-order valence-electron chi connectivity index (χ0n) is 11.7. The van der Waals surface area contributed by atoms with Gasteiger partial charge in [-0.15, -0.1) is 12.3 Å². The Balaban J connectivity index is 2.06. The number of amides is 2. The molecule has 1 aromatic rings. The van der Waals surface area contributed by atoms with Crippen molar-refractivity contribution in [3.63, 3.8) is 0 Å². The minimum atomic E-state index is -0.855. The number of para-hydroxylation sites is 1. The summed E-state index contributed by atoms with van der Waals surface area (Å²) in [6.45, 7) is 0.915. The number of carboxylic acid groups (broad SMARTS) is 1. The molecule has 1 aliphatic rings. The highest BCUT2D eigenvalue weighted by molar-refractivity contribution is 5.95. The second-order valence-corrected chi connectivity index (χ2v) is 5.00. The van der Waals surface area contributed by atoms with Crippen LogP contribution in [0.3, 0.4) is 0 Å². The quantitative estimate of drug-likeness (QED) is 0.644. The third kappa shape index (κ3) is 3.54. The van der Waals surface area contributed by atoms with Gasteiger partial charge in [-0.3, -0.25) is 9.69 Å². The summed E-state index contributed by atoms with van der Waals surface area (Å²) in [5.41, 5.74) is 1.71. The van der Waals surface area contributed by atoms with E-state index in [1.165, 1.54) is 0 Å². The molecule has 1 atom stereocenters. The zero-order valence-corrected chi connectivity index (χ0v) is 11.7. The van der Waals surface area contributed by atoms with Gasteiger partial charge >= 0.3 is 12.0 Å². The third-order valence-corrected chi connectivity index (χ3v) is 3.51. The van der Waals surface area contributed by atoms with Gasteiger partial charge in [0.2, 0.25) is 0 Å². The number of rotatable bonds is 5. The van der Waals surface area contributed by atoms with Crippen molar-refractivity contribution in [1.82, 2.24) is 5.32 Å². The maximum Gasteiger partial charge on any atom is 0.321 e. The number of benzene rings is 1. The number of unbranched alkanes of at least 4 members (excludes halogenated alkanes) is 1. The van der Waals surface area contributed by atoms with Gasteiger partial charge in [0.15, 0.2) is 0 Å². The van der Waals surface area contributed by atoms with Crippen LogP contribution < -0.4 is 10.2 Å².